The average Bonchev–Trinajstić information content (AvgIpc) is 2.92. The number of phenolic OH excluding ortho intramolecular Hbond substituents is 1. The molecule has 0 spiro atoms. The molecule has 1 amide bonds. The van der Waals surface area contributed by atoms with Gasteiger partial charge in [-0.1, -0.05) is 30.3 Å². The largest absolute Gasteiger partial charge is 0.508 e. The van der Waals surface area contributed by atoms with Crippen LogP contribution in [-0.2, 0) is 9.53 Å². The van der Waals surface area contributed by atoms with Crippen LogP contribution in [0.25, 0.3) is 0 Å². The number of hydrogen-bond donors (Lipinski definition) is 1. The first-order chi connectivity index (χ1) is 18.3. The molecule has 0 aromatic heterocycles. The molecule has 2 aromatic rings. The van der Waals surface area contributed by atoms with Crippen LogP contribution in [0.5, 0.6) is 5.75 Å². The van der Waals surface area contributed by atoms with E-state index >= 15 is 0 Å². The van der Waals surface area contributed by atoms with Gasteiger partial charge in [0.15, 0.2) is 0 Å². The lowest BCUT2D eigenvalue weighted by atomic mass is 9.92. The molecule has 7 heteroatoms. The van der Waals surface area contributed by atoms with E-state index in [1.807, 2.05) is 54.3 Å². The molecule has 0 radical (unpaired) electrons. The topological polar surface area (TPSA) is 73.3 Å². The van der Waals surface area contributed by atoms with Crippen molar-refractivity contribution in [3.63, 3.8) is 0 Å². The highest BCUT2D eigenvalue weighted by Crippen LogP contribution is 2.35. The summed E-state index contributed by atoms with van der Waals surface area (Å²) < 4.78 is 5.18. The Hall–Kier alpha value is -3.16. The lowest BCUT2D eigenvalue weighted by molar-refractivity contribution is -0.149. The summed E-state index contributed by atoms with van der Waals surface area (Å²) in [4.78, 5) is 32.4. The summed E-state index contributed by atoms with van der Waals surface area (Å²) >= 11 is 0. The van der Waals surface area contributed by atoms with Crippen molar-refractivity contribution in [3.05, 3.63) is 77.9 Å². The fraction of sp³-hybridized carbons (Fsp3) is 0.484. The van der Waals surface area contributed by atoms with Gasteiger partial charge in [-0.2, -0.15) is 0 Å². The van der Waals surface area contributed by atoms with Crippen LogP contribution < -0.4 is 0 Å². The Morgan fingerprint density at radius 2 is 1.74 bits per heavy atom. The van der Waals surface area contributed by atoms with Crippen LogP contribution in [0.1, 0.15) is 61.1 Å². The van der Waals surface area contributed by atoms with Gasteiger partial charge in [-0.25, -0.2) is 0 Å². The van der Waals surface area contributed by atoms with Crippen LogP contribution in [0.2, 0.25) is 0 Å². The van der Waals surface area contributed by atoms with Crippen molar-refractivity contribution >= 4 is 11.9 Å². The number of rotatable bonds is 8. The van der Waals surface area contributed by atoms with Crippen molar-refractivity contribution in [1.82, 2.24) is 14.7 Å². The average molecular weight is 520 g/mol. The van der Waals surface area contributed by atoms with Gasteiger partial charge in [-0.05, 0) is 69.0 Å². The highest BCUT2D eigenvalue weighted by Gasteiger charge is 2.35. The summed E-state index contributed by atoms with van der Waals surface area (Å²) in [5, 5.41) is 10.3. The standard InChI is InChI=1S/C31H41N3O4/c1-5-15-33-20-23(4)34(21-22(33)3)29(26-10-8-12-28(35)19-26)25-9-7-11-27(18-25)30(36)32-16-13-24(14-17-32)31(37)38-6-2/h5,7-12,18-19,22-24,29,35H,1,6,13-17,20-21H2,2-4H3/t22-,23+,29-/m1/s1. The number of carbonyl (C=O) groups excluding carboxylic acids is 2. The second-order valence-corrected chi connectivity index (χ2v) is 10.6. The normalized spacial score (nSPS) is 22.1. The van der Waals surface area contributed by atoms with E-state index in [-0.39, 0.29) is 35.6 Å². The Balaban J connectivity index is 1.59. The van der Waals surface area contributed by atoms with Crippen molar-refractivity contribution in [2.45, 2.75) is 51.7 Å². The summed E-state index contributed by atoms with van der Waals surface area (Å²) in [6.45, 7) is 14.3. The lowest BCUT2D eigenvalue weighted by Crippen LogP contribution is -2.57. The molecular weight excluding hydrogens is 478 g/mol. The van der Waals surface area contributed by atoms with Crippen LogP contribution in [-0.4, -0.2) is 83.1 Å². The summed E-state index contributed by atoms with van der Waals surface area (Å²) in [5.74, 6) is -0.0768. The Labute approximate surface area is 226 Å². The molecule has 0 saturated carbocycles. The maximum atomic E-state index is 13.5. The van der Waals surface area contributed by atoms with Gasteiger partial charge in [0.1, 0.15) is 5.75 Å². The maximum absolute atomic E-state index is 13.5. The molecule has 3 atom stereocenters. The number of hydrogen-bond acceptors (Lipinski definition) is 6. The van der Waals surface area contributed by atoms with Crippen molar-refractivity contribution in [2.24, 2.45) is 5.92 Å². The van der Waals surface area contributed by atoms with Crippen LogP contribution in [0.4, 0.5) is 0 Å². The van der Waals surface area contributed by atoms with Crippen molar-refractivity contribution in [1.29, 1.82) is 0 Å². The molecule has 1 N–H and O–H groups in total. The minimum Gasteiger partial charge on any atom is -0.508 e. The molecular formula is C31H41N3O4. The minimum absolute atomic E-state index is 0.0129. The number of carbonyl (C=O) groups is 2. The molecule has 2 aromatic carbocycles. The summed E-state index contributed by atoms with van der Waals surface area (Å²) in [5.41, 5.74) is 2.67. The Kier molecular flexibility index (Phi) is 9.23. The van der Waals surface area contributed by atoms with Gasteiger partial charge in [0.2, 0.25) is 0 Å². The van der Waals surface area contributed by atoms with Gasteiger partial charge in [-0.3, -0.25) is 19.4 Å². The third kappa shape index (κ3) is 6.27. The van der Waals surface area contributed by atoms with E-state index in [0.29, 0.717) is 44.1 Å². The van der Waals surface area contributed by atoms with Crippen molar-refractivity contribution in [3.8, 4) is 5.75 Å². The third-order valence-corrected chi connectivity index (χ3v) is 7.90. The SMILES string of the molecule is C=CCN1C[C@H](C)N([C@@H](c2cccc(O)c2)c2cccc(C(=O)N3CCC(C(=O)OCC)CC3)c2)C[C@H]1C. The van der Waals surface area contributed by atoms with E-state index in [4.69, 9.17) is 4.74 Å². The zero-order chi connectivity index (χ0) is 27.2. The first-order valence-electron chi connectivity index (χ1n) is 13.8. The number of nitrogens with zero attached hydrogens (tertiary/aromatic N) is 3. The molecule has 0 aliphatic carbocycles. The smallest absolute Gasteiger partial charge is 0.309 e. The fourth-order valence-corrected chi connectivity index (χ4v) is 5.88. The van der Waals surface area contributed by atoms with E-state index in [2.05, 4.69) is 36.3 Å². The lowest BCUT2D eigenvalue weighted by Gasteiger charge is -2.47. The zero-order valence-corrected chi connectivity index (χ0v) is 22.9. The molecule has 0 unspecified atom stereocenters. The van der Waals surface area contributed by atoms with E-state index in [9.17, 15) is 14.7 Å². The van der Waals surface area contributed by atoms with Crippen molar-refractivity contribution in [2.75, 3.05) is 39.3 Å². The summed E-state index contributed by atoms with van der Waals surface area (Å²) in [6, 6.07) is 15.8. The van der Waals surface area contributed by atoms with Gasteiger partial charge in [0, 0.05) is 50.4 Å². The summed E-state index contributed by atoms with van der Waals surface area (Å²) in [7, 11) is 0. The van der Waals surface area contributed by atoms with Crippen LogP contribution in [0.3, 0.4) is 0 Å². The number of piperazine rings is 1. The Morgan fingerprint density at radius 1 is 1.05 bits per heavy atom. The Morgan fingerprint density at radius 3 is 2.39 bits per heavy atom. The molecule has 204 valence electrons. The zero-order valence-electron chi connectivity index (χ0n) is 22.9. The molecule has 0 bridgehead atoms. The fourth-order valence-electron chi connectivity index (χ4n) is 5.88. The van der Waals surface area contributed by atoms with Gasteiger partial charge in [0.05, 0.1) is 18.6 Å². The van der Waals surface area contributed by atoms with Crippen LogP contribution in [0, 0.1) is 5.92 Å². The molecule has 7 nitrogen and oxygen atoms in total. The third-order valence-electron chi connectivity index (χ3n) is 7.90. The number of likely N-dealkylation sites (tertiary alicyclic amines) is 1. The monoisotopic (exact) mass is 519 g/mol. The molecule has 2 heterocycles. The maximum Gasteiger partial charge on any atom is 0.309 e. The molecule has 4 rings (SSSR count). The number of ether oxygens (including phenoxy) is 1. The van der Waals surface area contributed by atoms with E-state index in [0.717, 1.165) is 30.8 Å². The number of benzene rings is 2. The van der Waals surface area contributed by atoms with Gasteiger partial charge < -0.3 is 14.7 Å². The molecule has 38 heavy (non-hydrogen) atoms. The number of phenols is 1. The van der Waals surface area contributed by atoms with Gasteiger partial charge >= 0.3 is 5.97 Å². The first-order valence-corrected chi connectivity index (χ1v) is 13.8. The minimum atomic E-state index is -0.160. The number of amides is 1. The number of esters is 1. The van der Waals surface area contributed by atoms with Gasteiger partial charge in [0.25, 0.3) is 5.91 Å². The molecule has 2 fully saturated rings. The molecule has 2 saturated heterocycles. The highest BCUT2D eigenvalue weighted by atomic mass is 16.5. The molecule has 2 aliphatic rings. The highest BCUT2D eigenvalue weighted by molar-refractivity contribution is 5.94. The van der Waals surface area contributed by atoms with Crippen molar-refractivity contribution < 1.29 is 19.4 Å². The van der Waals surface area contributed by atoms with Crippen LogP contribution >= 0.6 is 0 Å². The van der Waals surface area contributed by atoms with E-state index in [1.165, 1.54) is 0 Å². The summed E-state index contributed by atoms with van der Waals surface area (Å²) in [6.07, 6.45) is 3.21. The second-order valence-electron chi connectivity index (χ2n) is 10.6. The molecule has 2 aliphatic heterocycles. The predicted molar refractivity (Wildman–Crippen MR) is 149 cm³/mol. The Bertz CT molecular complexity index is 1130. The second kappa shape index (κ2) is 12.6. The van der Waals surface area contributed by atoms with E-state index in [1.54, 1.807) is 6.07 Å². The number of piperidine rings is 1. The quantitative estimate of drug-likeness (QED) is 0.410. The van der Waals surface area contributed by atoms with Crippen LogP contribution in [0.15, 0.2) is 61.2 Å². The predicted octanol–water partition coefficient (Wildman–Crippen LogP) is 4.48. The van der Waals surface area contributed by atoms with Gasteiger partial charge in [-0.15, -0.1) is 6.58 Å². The first kappa shape index (κ1) is 27.9. The van der Waals surface area contributed by atoms with E-state index < -0.39 is 0 Å². The number of aromatic hydroxyl groups is 1.